The first-order valence-electron chi connectivity index (χ1n) is 8.56. The van der Waals surface area contributed by atoms with Crippen molar-refractivity contribution in [3.8, 4) is 17.0 Å². The second-order valence-electron chi connectivity index (χ2n) is 6.39. The molecule has 1 saturated heterocycles. The summed E-state index contributed by atoms with van der Waals surface area (Å²) in [5.74, 6) is 0.845. The number of pyridine rings is 1. The van der Waals surface area contributed by atoms with Gasteiger partial charge in [0.15, 0.2) is 0 Å². The Bertz CT molecular complexity index is 680. The largest absolute Gasteiger partial charge is 0.481 e. The lowest BCUT2D eigenvalue weighted by Gasteiger charge is -2.33. The Kier molecular flexibility index (Phi) is 5.14. The number of benzene rings is 1. The van der Waals surface area contributed by atoms with Crippen LogP contribution in [0.3, 0.4) is 0 Å². The van der Waals surface area contributed by atoms with E-state index < -0.39 is 0 Å². The topological polar surface area (TPSA) is 42.4 Å². The van der Waals surface area contributed by atoms with Gasteiger partial charge in [-0.25, -0.2) is 4.98 Å². The molecule has 24 heavy (non-hydrogen) atoms. The van der Waals surface area contributed by atoms with E-state index in [2.05, 4.69) is 11.9 Å². The number of nitrogens with zero attached hydrogens (tertiary/aromatic N) is 2. The van der Waals surface area contributed by atoms with Crippen LogP contribution in [0.4, 0.5) is 0 Å². The molecule has 1 atom stereocenters. The van der Waals surface area contributed by atoms with Gasteiger partial charge in [0.05, 0.1) is 13.5 Å². The van der Waals surface area contributed by atoms with E-state index in [1.54, 1.807) is 13.3 Å². The Morgan fingerprint density at radius 3 is 2.54 bits per heavy atom. The van der Waals surface area contributed by atoms with Crippen molar-refractivity contribution in [3.05, 3.63) is 48.2 Å². The molecule has 3 rings (SSSR count). The molecule has 2 aromatic rings. The van der Waals surface area contributed by atoms with Crippen LogP contribution < -0.4 is 4.74 Å². The molecule has 0 spiro atoms. The summed E-state index contributed by atoms with van der Waals surface area (Å²) < 4.78 is 5.08. The highest BCUT2D eigenvalue weighted by Gasteiger charge is 2.22. The minimum Gasteiger partial charge on any atom is -0.481 e. The molecule has 126 valence electrons. The molecule has 0 N–H and O–H groups in total. The summed E-state index contributed by atoms with van der Waals surface area (Å²) in [5.41, 5.74) is 3.19. The van der Waals surface area contributed by atoms with Crippen molar-refractivity contribution in [3.63, 3.8) is 0 Å². The number of likely N-dealkylation sites (tertiary alicyclic amines) is 1. The van der Waals surface area contributed by atoms with E-state index >= 15 is 0 Å². The fourth-order valence-electron chi connectivity index (χ4n) is 3.23. The monoisotopic (exact) mass is 324 g/mol. The number of hydrogen-bond acceptors (Lipinski definition) is 3. The number of piperidine rings is 1. The molecule has 1 amide bonds. The molecular weight excluding hydrogens is 300 g/mol. The number of carbonyl (C=O) groups excluding carboxylic acids is 1. The number of carbonyl (C=O) groups is 1. The predicted octanol–water partition coefficient (Wildman–Crippen LogP) is 3.70. The van der Waals surface area contributed by atoms with Gasteiger partial charge in [-0.3, -0.25) is 4.79 Å². The number of aromatic nitrogens is 1. The van der Waals surface area contributed by atoms with Crippen LogP contribution in [-0.2, 0) is 11.2 Å². The maximum absolute atomic E-state index is 12.5. The highest BCUT2D eigenvalue weighted by atomic mass is 16.5. The van der Waals surface area contributed by atoms with Crippen LogP contribution in [0.2, 0.25) is 0 Å². The lowest BCUT2D eigenvalue weighted by Crippen LogP contribution is -2.42. The van der Waals surface area contributed by atoms with Gasteiger partial charge in [0, 0.05) is 30.4 Å². The maximum atomic E-state index is 12.5. The first-order chi connectivity index (χ1) is 11.7. The average Bonchev–Trinajstić information content (AvgIpc) is 2.63. The Morgan fingerprint density at radius 1 is 1.17 bits per heavy atom. The highest BCUT2D eigenvalue weighted by Crippen LogP contribution is 2.22. The Morgan fingerprint density at radius 2 is 1.92 bits per heavy atom. The molecule has 4 heteroatoms. The van der Waals surface area contributed by atoms with Gasteiger partial charge in [-0.2, -0.15) is 0 Å². The van der Waals surface area contributed by atoms with Crippen LogP contribution in [0, 0.1) is 0 Å². The van der Waals surface area contributed by atoms with Crippen molar-refractivity contribution in [1.82, 2.24) is 9.88 Å². The van der Waals surface area contributed by atoms with Crippen molar-refractivity contribution in [2.75, 3.05) is 13.7 Å². The minimum absolute atomic E-state index is 0.237. The summed E-state index contributed by atoms with van der Waals surface area (Å²) in [4.78, 5) is 18.8. The molecule has 0 bridgehead atoms. The van der Waals surface area contributed by atoms with E-state index in [0.29, 0.717) is 18.3 Å². The van der Waals surface area contributed by atoms with Crippen molar-refractivity contribution in [1.29, 1.82) is 0 Å². The summed E-state index contributed by atoms with van der Waals surface area (Å²) in [5, 5.41) is 0. The van der Waals surface area contributed by atoms with Crippen molar-refractivity contribution < 1.29 is 9.53 Å². The SMILES string of the molecule is COc1ccc(-c2ccc(CC(=O)N3CCCC[C@@H]3C)cc2)cn1. The zero-order valence-corrected chi connectivity index (χ0v) is 14.4. The molecule has 1 aromatic heterocycles. The van der Waals surface area contributed by atoms with E-state index in [0.717, 1.165) is 36.1 Å². The Labute approximate surface area is 143 Å². The van der Waals surface area contributed by atoms with Crippen LogP contribution in [0.1, 0.15) is 31.7 Å². The lowest BCUT2D eigenvalue weighted by molar-refractivity contribution is -0.133. The quantitative estimate of drug-likeness (QED) is 0.861. The molecule has 1 aliphatic heterocycles. The number of hydrogen-bond donors (Lipinski definition) is 0. The van der Waals surface area contributed by atoms with Crippen LogP contribution >= 0.6 is 0 Å². The third kappa shape index (κ3) is 3.75. The Balaban J connectivity index is 1.66. The molecule has 2 heterocycles. The molecule has 1 aromatic carbocycles. The van der Waals surface area contributed by atoms with Crippen molar-refractivity contribution >= 4 is 5.91 Å². The molecular formula is C20H24N2O2. The molecule has 0 saturated carbocycles. The van der Waals surface area contributed by atoms with Crippen molar-refractivity contribution in [2.24, 2.45) is 0 Å². The van der Waals surface area contributed by atoms with E-state index in [1.807, 2.05) is 41.3 Å². The van der Waals surface area contributed by atoms with Gasteiger partial charge in [-0.15, -0.1) is 0 Å². The van der Waals surface area contributed by atoms with Gasteiger partial charge >= 0.3 is 0 Å². The fourth-order valence-corrected chi connectivity index (χ4v) is 3.23. The van der Waals surface area contributed by atoms with Crippen LogP contribution in [0.15, 0.2) is 42.6 Å². The fraction of sp³-hybridized carbons (Fsp3) is 0.400. The van der Waals surface area contributed by atoms with Crippen molar-refractivity contribution in [2.45, 2.75) is 38.6 Å². The van der Waals surface area contributed by atoms with Gasteiger partial charge < -0.3 is 9.64 Å². The molecule has 0 aliphatic carbocycles. The van der Waals surface area contributed by atoms with Gasteiger partial charge in [-0.1, -0.05) is 24.3 Å². The first-order valence-corrected chi connectivity index (χ1v) is 8.56. The molecule has 1 aliphatic rings. The number of amides is 1. The summed E-state index contributed by atoms with van der Waals surface area (Å²) >= 11 is 0. The van der Waals surface area contributed by atoms with Crippen LogP contribution in [0.25, 0.3) is 11.1 Å². The number of rotatable bonds is 4. The second-order valence-corrected chi connectivity index (χ2v) is 6.39. The van der Waals surface area contributed by atoms with Crippen LogP contribution in [0.5, 0.6) is 5.88 Å². The maximum Gasteiger partial charge on any atom is 0.227 e. The third-order valence-electron chi connectivity index (χ3n) is 4.71. The summed E-state index contributed by atoms with van der Waals surface area (Å²) in [7, 11) is 1.61. The van der Waals surface area contributed by atoms with E-state index in [-0.39, 0.29) is 5.91 Å². The van der Waals surface area contributed by atoms with E-state index in [9.17, 15) is 4.79 Å². The lowest BCUT2D eigenvalue weighted by atomic mass is 10.0. The van der Waals surface area contributed by atoms with Crippen LogP contribution in [-0.4, -0.2) is 35.5 Å². The minimum atomic E-state index is 0.237. The van der Waals surface area contributed by atoms with E-state index in [1.165, 1.54) is 6.42 Å². The predicted molar refractivity (Wildman–Crippen MR) is 95.0 cm³/mol. The van der Waals surface area contributed by atoms with Gasteiger partial charge in [0.1, 0.15) is 0 Å². The van der Waals surface area contributed by atoms with Gasteiger partial charge in [-0.05, 0) is 43.4 Å². The smallest absolute Gasteiger partial charge is 0.227 e. The van der Waals surface area contributed by atoms with E-state index in [4.69, 9.17) is 4.74 Å². The second kappa shape index (κ2) is 7.47. The standard InChI is InChI=1S/C20H24N2O2/c1-15-5-3-4-12-22(15)20(23)13-16-6-8-17(9-7-16)18-10-11-19(24-2)21-14-18/h6-11,14-15H,3-5,12-13H2,1-2H3/t15-/m0/s1. The summed E-state index contributed by atoms with van der Waals surface area (Å²) in [6.45, 7) is 3.05. The number of methoxy groups -OCH3 is 1. The van der Waals surface area contributed by atoms with Gasteiger partial charge in [0.2, 0.25) is 11.8 Å². The highest BCUT2D eigenvalue weighted by molar-refractivity contribution is 5.79. The molecule has 0 unspecified atom stereocenters. The molecule has 0 radical (unpaired) electrons. The average molecular weight is 324 g/mol. The Hall–Kier alpha value is -2.36. The first kappa shape index (κ1) is 16.5. The summed E-state index contributed by atoms with van der Waals surface area (Å²) in [6, 6.07) is 12.4. The molecule has 4 nitrogen and oxygen atoms in total. The third-order valence-corrected chi connectivity index (χ3v) is 4.71. The zero-order chi connectivity index (χ0) is 16.9. The number of ether oxygens (including phenoxy) is 1. The molecule has 1 fully saturated rings. The zero-order valence-electron chi connectivity index (χ0n) is 14.4. The normalized spacial score (nSPS) is 17.6. The summed E-state index contributed by atoms with van der Waals surface area (Å²) in [6.07, 6.45) is 5.75. The van der Waals surface area contributed by atoms with Gasteiger partial charge in [0.25, 0.3) is 0 Å².